The van der Waals surface area contributed by atoms with E-state index < -0.39 is 0 Å². The zero-order chi connectivity index (χ0) is 19.7. The number of ether oxygens (including phenoxy) is 1. The summed E-state index contributed by atoms with van der Waals surface area (Å²) in [7, 11) is 0. The monoisotopic (exact) mass is 406 g/mol. The Hall–Kier alpha value is -2.93. The first-order valence-electron chi connectivity index (χ1n) is 9.87. The maximum Gasteiger partial charge on any atom is 0.261 e. The smallest absolute Gasteiger partial charge is 0.261 e. The first-order valence-corrected chi connectivity index (χ1v) is 10.7. The van der Waals surface area contributed by atoms with Crippen LogP contribution in [-0.4, -0.2) is 34.6 Å². The third kappa shape index (κ3) is 3.58. The van der Waals surface area contributed by atoms with Gasteiger partial charge in [0, 0.05) is 50.3 Å². The van der Waals surface area contributed by atoms with Gasteiger partial charge in [-0.3, -0.25) is 4.79 Å². The highest BCUT2D eigenvalue weighted by molar-refractivity contribution is 7.12. The molecule has 0 radical (unpaired) electrons. The van der Waals surface area contributed by atoms with Crippen LogP contribution in [-0.2, 0) is 0 Å². The van der Waals surface area contributed by atoms with Gasteiger partial charge < -0.3 is 15.0 Å². The highest BCUT2D eigenvalue weighted by Gasteiger charge is 2.44. The number of benzene rings is 1. The number of fused-ring (bicyclic) bond motifs is 1. The molecule has 4 heterocycles. The molecule has 2 aliphatic rings. The minimum atomic E-state index is -0.285. The number of nitrogens with one attached hydrogen (secondary N) is 1. The Balaban J connectivity index is 1.36. The second-order valence-electron chi connectivity index (χ2n) is 7.57. The lowest BCUT2D eigenvalue weighted by Gasteiger charge is -2.47. The molecule has 2 aliphatic heterocycles. The Bertz CT molecular complexity index is 985. The SMILES string of the molecule is O=C(NC1CC2(CCN(c3ncccn3)CC2)Oc2ccccc21)c1cccs1. The molecule has 6 nitrogen and oxygen atoms in total. The standard InChI is InChI=1S/C22H22N4O2S/c27-20(19-7-3-14-29-19)25-17-15-22(28-18-6-2-1-5-16(17)18)8-12-26(13-9-22)21-23-10-4-11-24-21/h1-7,10-11,14,17H,8-9,12-13,15H2,(H,25,27). The van der Waals surface area contributed by atoms with Crippen molar-refractivity contribution in [3.8, 4) is 5.75 Å². The summed E-state index contributed by atoms with van der Waals surface area (Å²) in [6.45, 7) is 1.66. The number of amides is 1. The first-order chi connectivity index (χ1) is 14.2. The molecule has 1 saturated heterocycles. The van der Waals surface area contributed by atoms with Gasteiger partial charge in [-0.2, -0.15) is 0 Å². The Labute approximate surface area is 173 Å². The van der Waals surface area contributed by atoms with E-state index >= 15 is 0 Å². The van der Waals surface area contributed by atoms with Crippen LogP contribution in [0.25, 0.3) is 0 Å². The van der Waals surface area contributed by atoms with E-state index in [1.165, 1.54) is 11.3 Å². The molecule has 7 heteroatoms. The van der Waals surface area contributed by atoms with Gasteiger partial charge in [0.1, 0.15) is 11.4 Å². The first kappa shape index (κ1) is 18.1. The van der Waals surface area contributed by atoms with Crippen molar-refractivity contribution in [1.82, 2.24) is 15.3 Å². The van der Waals surface area contributed by atoms with Crippen LogP contribution in [0, 0.1) is 0 Å². The van der Waals surface area contributed by atoms with E-state index in [0.29, 0.717) is 0 Å². The fourth-order valence-corrected chi connectivity index (χ4v) is 4.89. The summed E-state index contributed by atoms with van der Waals surface area (Å²) in [6, 6.07) is 13.6. The van der Waals surface area contributed by atoms with E-state index in [1.54, 1.807) is 12.4 Å². The lowest BCUT2D eigenvalue weighted by molar-refractivity contribution is 0.00848. The van der Waals surface area contributed by atoms with Gasteiger partial charge in [0.2, 0.25) is 5.95 Å². The molecule has 0 bridgehead atoms. The van der Waals surface area contributed by atoms with Crippen LogP contribution in [0.4, 0.5) is 5.95 Å². The van der Waals surface area contributed by atoms with Gasteiger partial charge in [-0.05, 0) is 23.6 Å². The van der Waals surface area contributed by atoms with Crippen LogP contribution in [0.5, 0.6) is 5.75 Å². The molecule has 1 unspecified atom stereocenters. The summed E-state index contributed by atoms with van der Waals surface area (Å²) in [6.07, 6.45) is 6.05. The normalized spacial score (nSPS) is 20.0. The number of hydrogen-bond acceptors (Lipinski definition) is 6. The predicted molar refractivity (Wildman–Crippen MR) is 112 cm³/mol. The number of carbonyl (C=O) groups is 1. The molecule has 148 valence electrons. The zero-order valence-electron chi connectivity index (χ0n) is 16.0. The Morgan fingerprint density at radius 2 is 1.90 bits per heavy atom. The van der Waals surface area contributed by atoms with Gasteiger partial charge >= 0.3 is 0 Å². The molecule has 2 aromatic heterocycles. The van der Waals surface area contributed by atoms with Gasteiger partial charge in [0.15, 0.2) is 0 Å². The zero-order valence-corrected chi connectivity index (χ0v) is 16.8. The molecule has 1 amide bonds. The molecule has 1 fully saturated rings. The van der Waals surface area contributed by atoms with Crippen molar-refractivity contribution in [3.05, 3.63) is 70.7 Å². The molecular formula is C22H22N4O2S. The predicted octanol–water partition coefficient (Wildman–Crippen LogP) is 3.83. The number of thiophene rings is 1. The number of anilines is 1. The van der Waals surface area contributed by atoms with Crippen LogP contribution in [0.15, 0.2) is 60.2 Å². The van der Waals surface area contributed by atoms with Crippen LogP contribution in [0.2, 0.25) is 0 Å². The molecule has 0 aliphatic carbocycles. The summed E-state index contributed by atoms with van der Waals surface area (Å²) in [5.41, 5.74) is 0.768. The van der Waals surface area contributed by atoms with E-state index in [9.17, 15) is 4.79 Å². The molecule has 5 rings (SSSR count). The van der Waals surface area contributed by atoms with E-state index in [1.807, 2.05) is 41.8 Å². The van der Waals surface area contributed by atoms with Crippen molar-refractivity contribution in [2.45, 2.75) is 30.9 Å². The Morgan fingerprint density at radius 3 is 2.66 bits per heavy atom. The maximum atomic E-state index is 12.7. The number of rotatable bonds is 3. The fourth-order valence-electron chi connectivity index (χ4n) is 4.26. The fraction of sp³-hybridized carbons (Fsp3) is 0.318. The lowest BCUT2D eigenvalue weighted by atomic mass is 9.80. The molecule has 0 saturated carbocycles. The average Bonchev–Trinajstić information content (AvgIpc) is 3.30. The van der Waals surface area contributed by atoms with Gasteiger partial charge in [-0.15, -0.1) is 11.3 Å². The van der Waals surface area contributed by atoms with Gasteiger partial charge in [-0.1, -0.05) is 24.3 Å². The van der Waals surface area contributed by atoms with E-state index in [-0.39, 0.29) is 17.6 Å². The van der Waals surface area contributed by atoms with Crippen molar-refractivity contribution >= 4 is 23.2 Å². The van der Waals surface area contributed by atoms with E-state index in [2.05, 4.69) is 26.3 Å². The summed E-state index contributed by atoms with van der Waals surface area (Å²) in [5.74, 6) is 1.62. The van der Waals surface area contributed by atoms with Gasteiger partial charge in [0.05, 0.1) is 10.9 Å². The second-order valence-corrected chi connectivity index (χ2v) is 8.51. The number of carbonyl (C=O) groups excluding carboxylic acids is 1. The largest absolute Gasteiger partial charge is 0.487 e. The number of aromatic nitrogens is 2. The van der Waals surface area contributed by atoms with Gasteiger partial charge in [-0.25, -0.2) is 9.97 Å². The number of nitrogens with zero attached hydrogens (tertiary/aromatic N) is 3. The highest BCUT2D eigenvalue weighted by Crippen LogP contribution is 2.44. The highest BCUT2D eigenvalue weighted by atomic mass is 32.1. The van der Waals surface area contributed by atoms with Crippen molar-refractivity contribution in [1.29, 1.82) is 0 Å². The number of para-hydroxylation sites is 1. The summed E-state index contributed by atoms with van der Waals surface area (Å²) in [4.78, 5) is 24.4. The van der Waals surface area contributed by atoms with Crippen molar-refractivity contribution in [2.24, 2.45) is 0 Å². The average molecular weight is 407 g/mol. The minimum Gasteiger partial charge on any atom is -0.487 e. The van der Waals surface area contributed by atoms with Crippen LogP contribution < -0.4 is 15.0 Å². The van der Waals surface area contributed by atoms with Crippen LogP contribution >= 0.6 is 11.3 Å². The number of piperidine rings is 1. The summed E-state index contributed by atoms with van der Waals surface area (Å²) >= 11 is 1.46. The molecule has 29 heavy (non-hydrogen) atoms. The molecular weight excluding hydrogens is 384 g/mol. The molecule has 3 aromatic rings. The van der Waals surface area contributed by atoms with Gasteiger partial charge in [0.25, 0.3) is 5.91 Å². The van der Waals surface area contributed by atoms with E-state index in [0.717, 1.165) is 54.5 Å². The lowest BCUT2D eigenvalue weighted by Crippen LogP contribution is -2.52. The third-order valence-electron chi connectivity index (χ3n) is 5.76. The minimum absolute atomic E-state index is 0.0213. The third-order valence-corrected chi connectivity index (χ3v) is 6.63. The molecule has 1 N–H and O–H groups in total. The van der Waals surface area contributed by atoms with Crippen LogP contribution in [0.3, 0.4) is 0 Å². The molecule has 1 spiro atoms. The molecule has 1 aromatic carbocycles. The number of hydrogen-bond donors (Lipinski definition) is 1. The van der Waals surface area contributed by atoms with Crippen LogP contribution in [0.1, 0.15) is 40.5 Å². The van der Waals surface area contributed by atoms with Crippen molar-refractivity contribution in [2.75, 3.05) is 18.0 Å². The van der Waals surface area contributed by atoms with Crippen molar-refractivity contribution < 1.29 is 9.53 Å². The Morgan fingerprint density at radius 1 is 1.10 bits per heavy atom. The van der Waals surface area contributed by atoms with Crippen molar-refractivity contribution in [3.63, 3.8) is 0 Å². The summed E-state index contributed by atoms with van der Waals surface area (Å²) < 4.78 is 6.53. The van der Waals surface area contributed by atoms with E-state index in [4.69, 9.17) is 4.74 Å². The second kappa shape index (κ2) is 7.48. The summed E-state index contributed by atoms with van der Waals surface area (Å²) in [5, 5.41) is 5.17. The quantitative estimate of drug-likeness (QED) is 0.716. The Kier molecular flexibility index (Phi) is 4.67. The topological polar surface area (TPSA) is 67.4 Å². The maximum absolute atomic E-state index is 12.7. The molecule has 1 atom stereocenters.